The van der Waals surface area contributed by atoms with Crippen LogP contribution in [0.15, 0.2) is 48.5 Å². The third kappa shape index (κ3) is 11.0. The van der Waals surface area contributed by atoms with E-state index in [-0.39, 0.29) is 44.8 Å². The molecule has 0 spiro atoms. The SMILES string of the molecule is CCOC(Cc1ccc(OCCN(CCCCC(F)(F)C(F)(F)F)C(=O)Nc2ccc(C(F)(F)F)cc2)cc1)C(=O)O. The van der Waals surface area contributed by atoms with Crippen molar-refractivity contribution < 1.29 is 59.3 Å². The van der Waals surface area contributed by atoms with Gasteiger partial charge in [0.1, 0.15) is 12.4 Å². The highest BCUT2D eigenvalue weighted by atomic mass is 19.4. The molecule has 234 valence electrons. The smallest absolute Gasteiger partial charge is 0.453 e. The van der Waals surface area contributed by atoms with E-state index < -0.39 is 54.8 Å². The van der Waals surface area contributed by atoms with Crippen LogP contribution in [0.3, 0.4) is 0 Å². The Bertz CT molecular complexity index is 1140. The number of amides is 2. The van der Waals surface area contributed by atoms with E-state index in [1.165, 1.54) is 0 Å². The first kappa shape index (κ1) is 34.6. The zero-order chi connectivity index (χ0) is 31.6. The Balaban J connectivity index is 2.01. The molecule has 0 heterocycles. The third-order valence-electron chi connectivity index (χ3n) is 5.95. The van der Waals surface area contributed by atoms with Gasteiger partial charge in [0.05, 0.1) is 12.1 Å². The fraction of sp³-hybridized carbons (Fsp3) is 0.481. The molecule has 2 aromatic carbocycles. The van der Waals surface area contributed by atoms with Crippen LogP contribution in [0.25, 0.3) is 0 Å². The maximum atomic E-state index is 13.2. The lowest BCUT2D eigenvalue weighted by molar-refractivity contribution is -0.284. The normalized spacial score (nSPS) is 13.0. The van der Waals surface area contributed by atoms with E-state index in [1.807, 2.05) is 0 Å². The summed E-state index contributed by atoms with van der Waals surface area (Å²) in [4.78, 5) is 25.1. The average molecular weight is 615 g/mol. The van der Waals surface area contributed by atoms with E-state index in [4.69, 9.17) is 9.47 Å². The molecule has 0 aliphatic heterocycles. The molecular weight excluding hydrogens is 584 g/mol. The average Bonchev–Trinajstić information content (AvgIpc) is 2.89. The van der Waals surface area contributed by atoms with Crippen LogP contribution in [-0.4, -0.2) is 66.5 Å². The number of hydrogen-bond acceptors (Lipinski definition) is 4. The molecule has 0 radical (unpaired) electrons. The molecule has 7 nitrogen and oxygen atoms in total. The molecule has 15 heteroatoms. The van der Waals surface area contributed by atoms with Crippen molar-refractivity contribution in [2.45, 2.75) is 57.0 Å². The summed E-state index contributed by atoms with van der Waals surface area (Å²) in [5.74, 6) is -5.66. The topological polar surface area (TPSA) is 88.1 Å². The fourth-order valence-corrected chi connectivity index (χ4v) is 3.68. The van der Waals surface area contributed by atoms with E-state index in [1.54, 1.807) is 31.2 Å². The highest BCUT2D eigenvalue weighted by molar-refractivity contribution is 5.89. The van der Waals surface area contributed by atoms with Gasteiger partial charge in [0.15, 0.2) is 6.10 Å². The van der Waals surface area contributed by atoms with Gasteiger partial charge in [0.25, 0.3) is 0 Å². The van der Waals surface area contributed by atoms with Crippen molar-refractivity contribution in [3.63, 3.8) is 0 Å². The monoisotopic (exact) mass is 614 g/mol. The highest BCUT2D eigenvalue weighted by Gasteiger charge is 2.56. The fourth-order valence-electron chi connectivity index (χ4n) is 3.68. The Kier molecular flexibility index (Phi) is 12.4. The molecule has 0 saturated carbocycles. The summed E-state index contributed by atoms with van der Waals surface area (Å²) in [7, 11) is 0. The quantitative estimate of drug-likeness (QED) is 0.166. The van der Waals surface area contributed by atoms with Crippen molar-refractivity contribution in [2.24, 2.45) is 0 Å². The summed E-state index contributed by atoms with van der Waals surface area (Å²) in [6, 6.07) is 9.02. The predicted molar refractivity (Wildman–Crippen MR) is 136 cm³/mol. The Morgan fingerprint density at radius 1 is 0.905 bits per heavy atom. The largest absolute Gasteiger partial charge is 0.492 e. The van der Waals surface area contributed by atoms with Crippen molar-refractivity contribution >= 4 is 17.7 Å². The van der Waals surface area contributed by atoms with Gasteiger partial charge in [0.2, 0.25) is 0 Å². The standard InChI is InChI=1S/C27H30F8N2O5/c1-2-41-22(23(38)39)17-18-5-11-21(12-6-18)42-16-15-37(14-4-3-13-25(28,29)27(33,34)35)24(40)36-20-9-7-19(8-10-20)26(30,31)32/h5-12,22H,2-4,13-17H2,1H3,(H,36,40)(H,38,39). The van der Waals surface area contributed by atoms with Crippen molar-refractivity contribution in [2.75, 3.05) is 31.6 Å². The number of carbonyl (C=O) groups is 2. The van der Waals surface area contributed by atoms with E-state index in [9.17, 15) is 49.8 Å². The number of nitrogens with zero attached hydrogens (tertiary/aromatic N) is 1. The first-order chi connectivity index (χ1) is 19.5. The number of rotatable bonds is 15. The lowest BCUT2D eigenvalue weighted by Gasteiger charge is -2.24. The van der Waals surface area contributed by atoms with Gasteiger partial charge in [-0.1, -0.05) is 12.1 Å². The molecule has 0 aliphatic rings. The first-order valence-corrected chi connectivity index (χ1v) is 12.8. The number of halogens is 8. The number of aliphatic carboxylic acids is 1. The molecular formula is C27H30F8N2O5. The zero-order valence-corrected chi connectivity index (χ0v) is 22.4. The highest BCUT2D eigenvalue weighted by Crippen LogP contribution is 2.39. The number of benzene rings is 2. The van der Waals surface area contributed by atoms with Crippen LogP contribution in [0.1, 0.15) is 37.3 Å². The molecule has 0 fully saturated rings. The third-order valence-corrected chi connectivity index (χ3v) is 5.95. The van der Waals surface area contributed by atoms with E-state index in [2.05, 4.69) is 5.32 Å². The van der Waals surface area contributed by atoms with Gasteiger partial charge in [-0.2, -0.15) is 35.1 Å². The predicted octanol–water partition coefficient (Wildman–Crippen LogP) is 7.02. The number of carbonyl (C=O) groups excluding carboxylic acids is 1. The van der Waals surface area contributed by atoms with Crippen LogP contribution >= 0.6 is 0 Å². The summed E-state index contributed by atoms with van der Waals surface area (Å²) < 4.78 is 113. The molecule has 2 aromatic rings. The van der Waals surface area contributed by atoms with Gasteiger partial charge in [-0.05, 0) is 61.7 Å². The summed E-state index contributed by atoms with van der Waals surface area (Å²) in [5, 5.41) is 11.6. The summed E-state index contributed by atoms with van der Waals surface area (Å²) in [6.45, 7) is 1.37. The Morgan fingerprint density at radius 2 is 1.52 bits per heavy atom. The molecule has 0 saturated heterocycles. The Hall–Kier alpha value is -3.62. The van der Waals surface area contributed by atoms with Crippen LogP contribution in [0.5, 0.6) is 5.75 Å². The number of alkyl halides is 8. The van der Waals surface area contributed by atoms with Crippen molar-refractivity contribution in [3.8, 4) is 5.75 Å². The van der Waals surface area contributed by atoms with Gasteiger partial charge in [-0.3, -0.25) is 0 Å². The number of carboxylic acids is 1. The second kappa shape index (κ2) is 15.0. The van der Waals surface area contributed by atoms with Crippen molar-refractivity contribution in [1.29, 1.82) is 0 Å². The number of hydrogen-bond donors (Lipinski definition) is 2. The van der Waals surface area contributed by atoms with Gasteiger partial charge in [-0.25, -0.2) is 9.59 Å². The molecule has 2 N–H and O–H groups in total. The minimum atomic E-state index is -5.70. The second-order valence-corrected chi connectivity index (χ2v) is 9.13. The minimum absolute atomic E-state index is 0.00447. The van der Waals surface area contributed by atoms with Gasteiger partial charge < -0.3 is 24.8 Å². The maximum Gasteiger partial charge on any atom is 0.453 e. The molecule has 1 atom stereocenters. The lowest BCUT2D eigenvalue weighted by Crippen LogP contribution is -2.39. The van der Waals surface area contributed by atoms with Crippen LogP contribution in [-0.2, 0) is 22.1 Å². The molecule has 42 heavy (non-hydrogen) atoms. The Morgan fingerprint density at radius 3 is 2.05 bits per heavy atom. The lowest BCUT2D eigenvalue weighted by atomic mass is 10.1. The van der Waals surface area contributed by atoms with Gasteiger partial charge >= 0.3 is 30.3 Å². The molecule has 1 unspecified atom stereocenters. The second-order valence-electron chi connectivity index (χ2n) is 9.13. The molecule has 0 bridgehead atoms. The minimum Gasteiger partial charge on any atom is -0.492 e. The van der Waals surface area contributed by atoms with Crippen molar-refractivity contribution in [1.82, 2.24) is 4.90 Å². The first-order valence-electron chi connectivity index (χ1n) is 12.8. The molecule has 0 aromatic heterocycles. The van der Waals surface area contributed by atoms with Crippen LogP contribution in [0.2, 0.25) is 0 Å². The van der Waals surface area contributed by atoms with Crippen molar-refractivity contribution in [3.05, 3.63) is 59.7 Å². The number of urea groups is 1. The summed E-state index contributed by atoms with van der Waals surface area (Å²) in [5.41, 5.74) is -0.292. The number of ether oxygens (including phenoxy) is 2. The number of anilines is 1. The Labute approximate surface area is 236 Å². The number of carboxylic acid groups (broad SMARTS) is 1. The van der Waals surface area contributed by atoms with E-state index >= 15 is 0 Å². The van der Waals surface area contributed by atoms with Crippen LogP contribution in [0, 0.1) is 0 Å². The van der Waals surface area contributed by atoms with Crippen LogP contribution < -0.4 is 10.1 Å². The number of nitrogens with one attached hydrogen (secondary N) is 1. The van der Waals surface area contributed by atoms with Crippen LogP contribution in [0.4, 0.5) is 45.6 Å². The summed E-state index contributed by atoms with van der Waals surface area (Å²) in [6.07, 6.45) is -13.5. The van der Waals surface area contributed by atoms with Gasteiger partial charge in [-0.15, -0.1) is 0 Å². The zero-order valence-electron chi connectivity index (χ0n) is 22.4. The summed E-state index contributed by atoms with van der Waals surface area (Å²) >= 11 is 0. The van der Waals surface area contributed by atoms with Gasteiger partial charge in [0, 0.05) is 31.7 Å². The maximum absolute atomic E-state index is 13.2. The van der Waals surface area contributed by atoms with E-state index in [0.717, 1.165) is 29.2 Å². The van der Waals surface area contributed by atoms with E-state index in [0.29, 0.717) is 11.3 Å². The number of unbranched alkanes of at least 4 members (excludes halogenated alkanes) is 1. The molecule has 2 amide bonds. The molecule has 2 rings (SSSR count). The molecule has 0 aliphatic carbocycles.